The van der Waals surface area contributed by atoms with Crippen LogP contribution in [0.25, 0.3) is 0 Å². The number of aryl methyl sites for hydroxylation is 1. The molecule has 0 bridgehead atoms. The SMILES string of the molecule is CCNC(=NCc1ccc(COC2CCOCC2)cc1)N(C)Cc1csc(C)n1.I. The number of halogens is 1. The molecule has 166 valence electrons. The number of thiazole rings is 1. The zero-order chi connectivity index (χ0) is 20.5. The number of rotatable bonds is 8. The van der Waals surface area contributed by atoms with Crippen LogP contribution >= 0.6 is 35.3 Å². The standard InChI is InChI=1S/C22H32N4O2S.HI/c1-4-23-22(26(3)14-20-16-29-17(2)25-20)24-13-18-5-7-19(8-6-18)15-28-21-9-11-27-12-10-21;/h5-8,16,21H,4,9-15H2,1-3H3,(H,23,24);1H. The van der Waals surface area contributed by atoms with E-state index in [0.717, 1.165) is 55.8 Å². The van der Waals surface area contributed by atoms with Gasteiger partial charge < -0.3 is 19.7 Å². The Morgan fingerprint density at radius 2 is 1.97 bits per heavy atom. The maximum Gasteiger partial charge on any atom is 0.194 e. The zero-order valence-electron chi connectivity index (χ0n) is 18.1. The van der Waals surface area contributed by atoms with E-state index < -0.39 is 0 Å². The van der Waals surface area contributed by atoms with Crippen molar-refractivity contribution in [3.05, 3.63) is 51.5 Å². The molecule has 0 unspecified atom stereocenters. The molecule has 30 heavy (non-hydrogen) atoms. The Labute approximate surface area is 201 Å². The summed E-state index contributed by atoms with van der Waals surface area (Å²) in [5.41, 5.74) is 3.47. The average Bonchev–Trinajstić information content (AvgIpc) is 3.15. The van der Waals surface area contributed by atoms with Crippen LogP contribution in [0.1, 0.15) is 41.6 Å². The number of nitrogens with zero attached hydrogens (tertiary/aromatic N) is 3. The lowest BCUT2D eigenvalue weighted by Gasteiger charge is -2.22. The molecule has 0 spiro atoms. The van der Waals surface area contributed by atoms with Crippen molar-refractivity contribution in [2.24, 2.45) is 4.99 Å². The van der Waals surface area contributed by atoms with Crippen molar-refractivity contribution in [2.45, 2.75) is 52.5 Å². The van der Waals surface area contributed by atoms with E-state index in [1.54, 1.807) is 11.3 Å². The maximum absolute atomic E-state index is 6.00. The van der Waals surface area contributed by atoms with E-state index in [-0.39, 0.29) is 24.0 Å². The quantitative estimate of drug-likeness (QED) is 0.304. The molecule has 8 heteroatoms. The minimum atomic E-state index is 0. The van der Waals surface area contributed by atoms with Crippen LogP contribution in [0.2, 0.25) is 0 Å². The first kappa shape index (κ1) is 25.0. The maximum atomic E-state index is 6.00. The van der Waals surface area contributed by atoms with Crippen LogP contribution in [0.3, 0.4) is 0 Å². The molecular weight excluding hydrogens is 511 g/mol. The minimum absolute atomic E-state index is 0. The highest BCUT2D eigenvalue weighted by molar-refractivity contribution is 14.0. The molecule has 0 aliphatic carbocycles. The number of aromatic nitrogens is 1. The number of hydrogen-bond donors (Lipinski definition) is 1. The van der Waals surface area contributed by atoms with Crippen molar-refractivity contribution in [2.75, 3.05) is 26.8 Å². The van der Waals surface area contributed by atoms with Gasteiger partial charge in [-0.2, -0.15) is 0 Å². The topological polar surface area (TPSA) is 59.0 Å². The predicted octanol–water partition coefficient (Wildman–Crippen LogP) is 4.36. The lowest BCUT2D eigenvalue weighted by Crippen LogP contribution is -2.38. The van der Waals surface area contributed by atoms with Gasteiger partial charge >= 0.3 is 0 Å². The Morgan fingerprint density at radius 1 is 1.27 bits per heavy atom. The Balaban J connectivity index is 0.00000320. The van der Waals surface area contributed by atoms with Gasteiger partial charge in [-0.25, -0.2) is 9.98 Å². The lowest BCUT2D eigenvalue weighted by atomic mass is 10.1. The van der Waals surface area contributed by atoms with Crippen molar-refractivity contribution in [3.8, 4) is 0 Å². The summed E-state index contributed by atoms with van der Waals surface area (Å²) in [6.07, 6.45) is 2.31. The number of benzene rings is 1. The summed E-state index contributed by atoms with van der Waals surface area (Å²) in [6, 6.07) is 8.55. The third-order valence-corrected chi connectivity index (χ3v) is 5.67. The number of hydrogen-bond acceptors (Lipinski definition) is 5. The molecule has 2 heterocycles. The van der Waals surface area contributed by atoms with Gasteiger partial charge in [-0.05, 0) is 37.8 Å². The van der Waals surface area contributed by atoms with Crippen molar-refractivity contribution in [3.63, 3.8) is 0 Å². The lowest BCUT2D eigenvalue weighted by molar-refractivity contribution is -0.0390. The van der Waals surface area contributed by atoms with Gasteiger partial charge in [-0.3, -0.25) is 0 Å². The van der Waals surface area contributed by atoms with E-state index in [1.807, 2.05) is 14.0 Å². The molecule has 0 atom stereocenters. The van der Waals surface area contributed by atoms with E-state index in [1.165, 1.54) is 11.1 Å². The van der Waals surface area contributed by atoms with Crippen molar-refractivity contribution >= 4 is 41.3 Å². The molecule has 0 amide bonds. The molecule has 0 radical (unpaired) electrons. The Hall–Kier alpha value is -1.23. The van der Waals surface area contributed by atoms with Crippen LogP contribution in [-0.2, 0) is 29.2 Å². The largest absolute Gasteiger partial charge is 0.381 e. The second kappa shape index (κ2) is 13.2. The predicted molar refractivity (Wildman–Crippen MR) is 134 cm³/mol. The molecule has 1 aliphatic heterocycles. The molecule has 6 nitrogen and oxygen atoms in total. The van der Waals surface area contributed by atoms with Crippen LogP contribution in [-0.4, -0.2) is 48.8 Å². The number of nitrogens with one attached hydrogen (secondary N) is 1. The Bertz CT molecular complexity index is 776. The fraction of sp³-hybridized carbons (Fsp3) is 0.545. The van der Waals surface area contributed by atoms with Crippen LogP contribution < -0.4 is 5.32 Å². The summed E-state index contributed by atoms with van der Waals surface area (Å²) >= 11 is 1.68. The summed E-state index contributed by atoms with van der Waals surface area (Å²) in [4.78, 5) is 11.5. The summed E-state index contributed by atoms with van der Waals surface area (Å²) < 4.78 is 11.4. The fourth-order valence-electron chi connectivity index (χ4n) is 3.23. The molecule has 3 rings (SSSR count). The molecule has 1 aromatic heterocycles. The first-order valence-corrected chi connectivity index (χ1v) is 11.2. The van der Waals surface area contributed by atoms with E-state index in [9.17, 15) is 0 Å². The fourth-order valence-corrected chi connectivity index (χ4v) is 3.84. The second-order valence-electron chi connectivity index (χ2n) is 7.32. The minimum Gasteiger partial charge on any atom is -0.381 e. The molecule has 1 aromatic carbocycles. The monoisotopic (exact) mass is 544 g/mol. The summed E-state index contributed by atoms with van der Waals surface area (Å²) in [5.74, 6) is 0.894. The van der Waals surface area contributed by atoms with Crippen LogP contribution in [0, 0.1) is 6.92 Å². The second-order valence-corrected chi connectivity index (χ2v) is 8.39. The van der Waals surface area contributed by atoms with Crippen molar-refractivity contribution in [1.82, 2.24) is 15.2 Å². The van der Waals surface area contributed by atoms with E-state index >= 15 is 0 Å². The normalized spacial score (nSPS) is 15.0. The number of guanidine groups is 1. The smallest absolute Gasteiger partial charge is 0.194 e. The van der Waals surface area contributed by atoms with Gasteiger partial charge in [0.05, 0.1) is 36.5 Å². The first-order valence-electron chi connectivity index (χ1n) is 10.3. The van der Waals surface area contributed by atoms with Gasteiger partial charge in [-0.15, -0.1) is 35.3 Å². The molecule has 1 fully saturated rings. The van der Waals surface area contributed by atoms with E-state index in [4.69, 9.17) is 14.5 Å². The average molecular weight is 545 g/mol. The van der Waals surface area contributed by atoms with Crippen molar-refractivity contribution in [1.29, 1.82) is 0 Å². The number of aliphatic imine (C=N–C) groups is 1. The van der Waals surface area contributed by atoms with E-state index in [2.05, 4.69) is 51.8 Å². The summed E-state index contributed by atoms with van der Waals surface area (Å²) in [6.45, 7) is 8.63. The molecule has 1 saturated heterocycles. The van der Waals surface area contributed by atoms with Gasteiger partial charge in [0, 0.05) is 32.2 Å². The highest BCUT2D eigenvalue weighted by atomic mass is 127. The van der Waals surface area contributed by atoms with Crippen LogP contribution in [0.15, 0.2) is 34.6 Å². The van der Waals surface area contributed by atoms with Gasteiger partial charge in [0.15, 0.2) is 5.96 Å². The van der Waals surface area contributed by atoms with Gasteiger partial charge in [0.2, 0.25) is 0 Å². The third kappa shape index (κ3) is 8.13. The molecule has 2 aromatic rings. The van der Waals surface area contributed by atoms with Gasteiger partial charge in [0.25, 0.3) is 0 Å². The van der Waals surface area contributed by atoms with Gasteiger partial charge in [0.1, 0.15) is 0 Å². The van der Waals surface area contributed by atoms with Gasteiger partial charge in [-0.1, -0.05) is 24.3 Å². The van der Waals surface area contributed by atoms with Crippen LogP contribution in [0.4, 0.5) is 0 Å². The Morgan fingerprint density at radius 3 is 2.60 bits per heavy atom. The molecular formula is C22H33IN4O2S. The molecule has 0 saturated carbocycles. The molecule has 1 aliphatic rings. The molecule has 1 N–H and O–H groups in total. The van der Waals surface area contributed by atoms with Crippen LogP contribution in [0.5, 0.6) is 0 Å². The third-order valence-electron chi connectivity index (χ3n) is 4.85. The summed E-state index contributed by atoms with van der Waals surface area (Å²) in [7, 11) is 2.05. The highest BCUT2D eigenvalue weighted by Gasteiger charge is 2.14. The Kier molecular flexibility index (Phi) is 11.0. The van der Waals surface area contributed by atoms with Crippen molar-refractivity contribution < 1.29 is 9.47 Å². The highest BCUT2D eigenvalue weighted by Crippen LogP contribution is 2.14. The first-order chi connectivity index (χ1) is 14.1. The van der Waals surface area contributed by atoms with E-state index in [0.29, 0.717) is 19.3 Å². The zero-order valence-corrected chi connectivity index (χ0v) is 21.2. The number of ether oxygens (including phenoxy) is 2. The summed E-state index contributed by atoms with van der Waals surface area (Å²) in [5, 5.41) is 6.57.